The van der Waals surface area contributed by atoms with Crippen LogP contribution in [0.1, 0.15) is 17.5 Å². The number of nitrogens with one attached hydrogen (secondary N) is 1. The summed E-state index contributed by atoms with van der Waals surface area (Å²) in [5.74, 6) is -5.53. The molecule has 0 saturated carbocycles. The topological polar surface area (TPSA) is 113 Å². The number of piperidine rings is 1. The number of carboxylic acid groups (broad SMARTS) is 1. The molecule has 0 aliphatic carbocycles. The van der Waals surface area contributed by atoms with Crippen molar-refractivity contribution in [1.29, 1.82) is 0 Å². The maximum absolute atomic E-state index is 12.9. The molecule has 1 unspecified atom stereocenters. The molecular weight excluding hydrogens is 397 g/mol. The zero-order valence-corrected chi connectivity index (χ0v) is 15.0. The van der Waals surface area contributed by atoms with Crippen LogP contribution in [0.4, 0.5) is 13.2 Å². The molecule has 2 N–H and O–H groups in total. The van der Waals surface area contributed by atoms with Gasteiger partial charge >= 0.3 is 12.1 Å². The molecule has 0 aromatic heterocycles. The SMILES string of the molecule is O=C(O)CNC(=O)C1C(=O)CC2(COC2)N(Cc2ccc(C(F)(F)F)cc2)C1=O. The van der Waals surface area contributed by atoms with Gasteiger partial charge in [0.25, 0.3) is 0 Å². The highest BCUT2D eigenvalue weighted by atomic mass is 19.4. The van der Waals surface area contributed by atoms with Crippen LogP contribution in [0.5, 0.6) is 0 Å². The smallest absolute Gasteiger partial charge is 0.416 e. The van der Waals surface area contributed by atoms with Crippen molar-refractivity contribution in [1.82, 2.24) is 10.2 Å². The van der Waals surface area contributed by atoms with Crippen LogP contribution in [0.15, 0.2) is 24.3 Å². The number of carbonyl (C=O) groups is 4. The Morgan fingerprint density at radius 3 is 2.31 bits per heavy atom. The summed E-state index contributed by atoms with van der Waals surface area (Å²) < 4.78 is 43.3. The standard InChI is InChI=1S/C18H17F3N2O6/c19-18(20,21)11-3-1-10(2-4-11)7-23-16(28)14(15(27)22-6-13(25)26)12(24)5-17(23)8-29-9-17/h1-4,14H,5-9H2,(H,22,27)(H,25,26). The number of ketones is 1. The van der Waals surface area contributed by atoms with Crippen LogP contribution in [-0.2, 0) is 36.6 Å². The van der Waals surface area contributed by atoms with Crippen molar-refractivity contribution in [2.24, 2.45) is 5.92 Å². The highest BCUT2D eigenvalue weighted by Gasteiger charge is 2.56. The summed E-state index contributed by atoms with van der Waals surface area (Å²) in [4.78, 5) is 49.4. The third-order valence-corrected chi connectivity index (χ3v) is 4.95. The average Bonchev–Trinajstić information content (AvgIpc) is 2.60. The Labute approximate surface area is 162 Å². The number of ether oxygens (including phenoxy) is 1. The Morgan fingerprint density at radius 1 is 1.21 bits per heavy atom. The molecule has 29 heavy (non-hydrogen) atoms. The van der Waals surface area contributed by atoms with Gasteiger partial charge in [-0.05, 0) is 17.7 Å². The van der Waals surface area contributed by atoms with Gasteiger partial charge < -0.3 is 20.1 Å². The minimum absolute atomic E-state index is 0.0641. The Morgan fingerprint density at radius 2 is 1.83 bits per heavy atom. The van der Waals surface area contributed by atoms with Crippen molar-refractivity contribution in [3.8, 4) is 0 Å². The number of aliphatic carboxylic acids is 1. The fourth-order valence-corrected chi connectivity index (χ4v) is 3.40. The number of rotatable bonds is 5. The number of likely N-dealkylation sites (tertiary alicyclic amines) is 1. The number of Topliss-reactive ketones (excluding diaryl/α,β-unsaturated/α-hetero) is 1. The van der Waals surface area contributed by atoms with Gasteiger partial charge in [0.15, 0.2) is 11.7 Å². The van der Waals surface area contributed by atoms with E-state index in [1.165, 1.54) is 17.0 Å². The number of alkyl halides is 3. The summed E-state index contributed by atoms with van der Waals surface area (Å²) in [5, 5.41) is 10.7. The first-order chi connectivity index (χ1) is 13.5. The predicted molar refractivity (Wildman–Crippen MR) is 89.3 cm³/mol. The minimum atomic E-state index is -4.50. The number of nitrogens with zero attached hydrogens (tertiary/aromatic N) is 1. The summed E-state index contributed by atoms with van der Waals surface area (Å²) in [6.45, 7) is -0.734. The number of hydrogen-bond donors (Lipinski definition) is 2. The average molecular weight is 414 g/mol. The summed E-state index contributed by atoms with van der Waals surface area (Å²) in [5.41, 5.74) is -1.41. The Balaban J connectivity index is 1.82. The first-order valence-corrected chi connectivity index (χ1v) is 8.61. The maximum Gasteiger partial charge on any atom is 0.416 e. The van der Waals surface area contributed by atoms with Gasteiger partial charge in [-0.1, -0.05) is 12.1 Å². The third kappa shape index (κ3) is 4.09. The molecule has 156 valence electrons. The second kappa shape index (κ2) is 7.47. The molecule has 2 heterocycles. The second-order valence-corrected chi connectivity index (χ2v) is 7.02. The van der Waals surface area contributed by atoms with Gasteiger partial charge in [0.1, 0.15) is 6.54 Å². The molecule has 0 bridgehead atoms. The molecular formula is C18H17F3N2O6. The van der Waals surface area contributed by atoms with Crippen molar-refractivity contribution >= 4 is 23.6 Å². The molecule has 2 saturated heterocycles. The Kier molecular flexibility index (Phi) is 5.35. The Hall–Kier alpha value is -2.95. The van der Waals surface area contributed by atoms with Gasteiger partial charge in [0.05, 0.1) is 24.3 Å². The highest BCUT2D eigenvalue weighted by molar-refractivity contribution is 6.20. The lowest BCUT2D eigenvalue weighted by Gasteiger charge is -2.52. The lowest BCUT2D eigenvalue weighted by molar-refractivity contribution is -0.188. The molecule has 1 atom stereocenters. The normalized spacial score (nSPS) is 21.1. The van der Waals surface area contributed by atoms with Crippen LogP contribution in [0.3, 0.4) is 0 Å². The molecule has 3 rings (SSSR count). The van der Waals surface area contributed by atoms with E-state index in [9.17, 15) is 32.3 Å². The zero-order chi connectivity index (χ0) is 21.4. The lowest BCUT2D eigenvalue weighted by atomic mass is 9.78. The number of benzene rings is 1. The van der Waals surface area contributed by atoms with E-state index in [0.717, 1.165) is 12.1 Å². The molecule has 8 nitrogen and oxygen atoms in total. The van der Waals surface area contributed by atoms with Crippen molar-refractivity contribution in [2.75, 3.05) is 19.8 Å². The number of hydrogen-bond acceptors (Lipinski definition) is 5. The van der Waals surface area contributed by atoms with Crippen molar-refractivity contribution in [2.45, 2.75) is 24.7 Å². The monoisotopic (exact) mass is 414 g/mol. The largest absolute Gasteiger partial charge is 0.480 e. The third-order valence-electron chi connectivity index (χ3n) is 4.95. The number of halogens is 3. The van der Waals surface area contributed by atoms with Crippen LogP contribution >= 0.6 is 0 Å². The molecule has 11 heteroatoms. The molecule has 2 fully saturated rings. The van der Waals surface area contributed by atoms with Crippen molar-refractivity contribution in [3.05, 3.63) is 35.4 Å². The highest BCUT2D eigenvalue weighted by Crippen LogP contribution is 2.37. The number of amides is 2. The summed E-state index contributed by atoms with van der Waals surface area (Å²) in [7, 11) is 0. The van der Waals surface area contributed by atoms with E-state index in [2.05, 4.69) is 0 Å². The molecule has 2 aliphatic rings. The van der Waals surface area contributed by atoms with Crippen LogP contribution in [0.2, 0.25) is 0 Å². The van der Waals surface area contributed by atoms with Crippen molar-refractivity contribution < 1.29 is 42.2 Å². The van der Waals surface area contributed by atoms with Gasteiger partial charge in [-0.15, -0.1) is 0 Å². The summed E-state index contributed by atoms with van der Waals surface area (Å²) >= 11 is 0. The second-order valence-electron chi connectivity index (χ2n) is 7.02. The lowest BCUT2D eigenvalue weighted by Crippen LogP contribution is -2.70. The van der Waals surface area contributed by atoms with Gasteiger partial charge in [-0.25, -0.2) is 0 Å². The first-order valence-electron chi connectivity index (χ1n) is 8.61. The van der Waals surface area contributed by atoms with Crippen molar-refractivity contribution in [3.63, 3.8) is 0 Å². The van der Waals surface area contributed by atoms with Crippen LogP contribution in [0, 0.1) is 5.92 Å². The fraction of sp³-hybridized carbons (Fsp3) is 0.444. The minimum Gasteiger partial charge on any atom is -0.480 e. The zero-order valence-electron chi connectivity index (χ0n) is 15.0. The van der Waals surface area contributed by atoms with E-state index in [1.807, 2.05) is 5.32 Å². The molecule has 2 aliphatic heterocycles. The molecule has 1 aromatic rings. The van der Waals surface area contributed by atoms with E-state index in [0.29, 0.717) is 5.56 Å². The van der Waals surface area contributed by atoms with E-state index in [4.69, 9.17) is 9.84 Å². The molecule has 1 spiro atoms. The van der Waals surface area contributed by atoms with Crippen LogP contribution in [-0.4, -0.2) is 58.9 Å². The van der Waals surface area contributed by atoms with E-state index >= 15 is 0 Å². The summed E-state index contributed by atoms with van der Waals surface area (Å²) in [6, 6.07) is 4.21. The van der Waals surface area contributed by atoms with Crippen LogP contribution in [0.25, 0.3) is 0 Å². The number of carbonyl (C=O) groups excluding carboxylic acids is 3. The maximum atomic E-state index is 12.9. The molecule has 0 radical (unpaired) electrons. The van der Waals surface area contributed by atoms with Gasteiger partial charge in [0.2, 0.25) is 11.8 Å². The van der Waals surface area contributed by atoms with E-state index in [-0.39, 0.29) is 26.2 Å². The van der Waals surface area contributed by atoms with Crippen LogP contribution < -0.4 is 5.32 Å². The van der Waals surface area contributed by atoms with Gasteiger partial charge in [-0.3, -0.25) is 19.2 Å². The quantitative estimate of drug-likeness (QED) is 0.682. The molecule has 2 amide bonds. The van der Waals surface area contributed by atoms with Gasteiger partial charge in [-0.2, -0.15) is 13.2 Å². The van der Waals surface area contributed by atoms with Gasteiger partial charge in [0, 0.05) is 13.0 Å². The van der Waals surface area contributed by atoms with E-state index in [1.54, 1.807) is 0 Å². The molecule has 1 aromatic carbocycles. The fourth-order valence-electron chi connectivity index (χ4n) is 3.40. The first kappa shape index (κ1) is 20.8. The number of carboxylic acids is 1. The van der Waals surface area contributed by atoms with E-state index < -0.39 is 53.3 Å². The Bertz CT molecular complexity index is 848. The summed E-state index contributed by atoms with van der Waals surface area (Å²) in [6.07, 6.45) is -4.66. The predicted octanol–water partition coefficient (Wildman–Crippen LogP) is 0.593.